The third-order valence-electron chi connectivity index (χ3n) is 2.24. The van der Waals surface area contributed by atoms with Crippen LogP contribution in [0.15, 0.2) is 18.2 Å². The van der Waals surface area contributed by atoms with E-state index in [4.69, 9.17) is 20.9 Å². The van der Waals surface area contributed by atoms with E-state index in [1.807, 2.05) is 26.0 Å². The second kappa shape index (κ2) is 6.86. The molecule has 0 saturated heterocycles. The molecule has 0 aromatic heterocycles. The topological polar surface area (TPSA) is 87.6 Å². The van der Waals surface area contributed by atoms with Gasteiger partial charge in [0.1, 0.15) is 0 Å². The summed E-state index contributed by atoms with van der Waals surface area (Å²) in [6, 6.07) is 5.63. The molecular formula is C13H20N2O3. The van der Waals surface area contributed by atoms with E-state index in [-0.39, 0.29) is 12.6 Å². The number of benzene rings is 1. The molecule has 100 valence electrons. The third-order valence-corrected chi connectivity index (χ3v) is 2.24. The number of primary amides is 1. The number of amides is 1. The molecule has 1 rings (SSSR count). The number of hydrogen-bond donors (Lipinski definition) is 2. The number of ether oxygens (including phenoxy) is 2. The van der Waals surface area contributed by atoms with Crippen LogP contribution in [-0.4, -0.2) is 25.2 Å². The lowest BCUT2D eigenvalue weighted by Gasteiger charge is -2.13. The van der Waals surface area contributed by atoms with Gasteiger partial charge in [-0.3, -0.25) is 4.79 Å². The van der Waals surface area contributed by atoms with E-state index >= 15 is 0 Å². The fourth-order valence-corrected chi connectivity index (χ4v) is 1.59. The smallest absolute Gasteiger partial charge is 0.255 e. The number of rotatable bonds is 7. The second-order valence-electron chi connectivity index (χ2n) is 4.15. The zero-order chi connectivity index (χ0) is 13.5. The Morgan fingerprint density at radius 2 is 2.06 bits per heavy atom. The molecule has 0 spiro atoms. The third kappa shape index (κ3) is 4.63. The number of carbonyl (C=O) groups excluding carboxylic acids is 1. The molecule has 1 unspecified atom stereocenters. The first-order valence-electron chi connectivity index (χ1n) is 5.95. The Hall–Kier alpha value is -1.75. The largest absolute Gasteiger partial charge is 0.490 e. The van der Waals surface area contributed by atoms with Gasteiger partial charge in [-0.2, -0.15) is 0 Å². The highest BCUT2D eigenvalue weighted by Crippen LogP contribution is 2.28. The first-order valence-corrected chi connectivity index (χ1v) is 5.95. The maximum Gasteiger partial charge on any atom is 0.255 e. The van der Waals surface area contributed by atoms with E-state index in [1.165, 1.54) is 0 Å². The van der Waals surface area contributed by atoms with Crippen LogP contribution in [0.4, 0.5) is 0 Å². The van der Waals surface area contributed by atoms with Crippen molar-refractivity contribution in [2.45, 2.75) is 26.3 Å². The van der Waals surface area contributed by atoms with Gasteiger partial charge < -0.3 is 20.9 Å². The highest BCUT2D eigenvalue weighted by atomic mass is 16.5. The average molecular weight is 252 g/mol. The fourth-order valence-electron chi connectivity index (χ4n) is 1.59. The molecule has 0 fully saturated rings. The highest BCUT2D eigenvalue weighted by Gasteiger charge is 2.08. The Morgan fingerprint density at radius 3 is 2.61 bits per heavy atom. The molecule has 0 radical (unpaired) electrons. The minimum Gasteiger partial charge on any atom is -0.490 e. The SMILES string of the molecule is CCOc1cc(CC(C)N)ccc1OCC(N)=O. The molecule has 1 atom stereocenters. The average Bonchev–Trinajstić information content (AvgIpc) is 2.27. The van der Waals surface area contributed by atoms with Crippen molar-refractivity contribution in [3.63, 3.8) is 0 Å². The van der Waals surface area contributed by atoms with Crippen LogP contribution in [0, 0.1) is 0 Å². The lowest BCUT2D eigenvalue weighted by Crippen LogP contribution is -2.20. The number of nitrogens with two attached hydrogens (primary N) is 2. The Labute approximate surface area is 107 Å². The molecule has 4 N–H and O–H groups in total. The molecule has 0 aliphatic carbocycles. The molecule has 1 aromatic carbocycles. The molecule has 0 aliphatic heterocycles. The minimum absolute atomic E-state index is 0.0804. The number of hydrogen-bond acceptors (Lipinski definition) is 4. The van der Waals surface area contributed by atoms with Crippen LogP contribution in [0.2, 0.25) is 0 Å². The summed E-state index contributed by atoms with van der Waals surface area (Å²) in [6.07, 6.45) is 0.760. The van der Waals surface area contributed by atoms with Crippen molar-refractivity contribution < 1.29 is 14.3 Å². The van der Waals surface area contributed by atoms with Gasteiger partial charge in [0.05, 0.1) is 6.61 Å². The summed E-state index contributed by atoms with van der Waals surface area (Å²) < 4.78 is 10.8. The predicted molar refractivity (Wildman–Crippen MR) is 69.7 cm³/mol. The summed E-state index contributed by atoms with van der Waals surface area (Å²) in [4.78, 5) is 10.7. The van der Waals surface area contributed by atoms with Gasteiger partial charge >= 0.3 is 0 Å². The standard InChI is InChI=1S/C13H20N2O3/c1-3-17-12-7-10(6-9(2)14)4-5-11(12)18-8-13(15)16/h4-5,7,9H,3,6,8,14H2,1-2H3,(H2,15,16). The van der Waals surface area contributed by atoms with Crippen molar-refractivity contribution >= 4 is 5.91 Å². The van der Waals surface area contributed by atoms with Gasteiger partial charge in [-0.1, -0.05) is 6.07 Å². The van der Waals surface area contributed by atoms with Crippen molar-refractivity contribution in [2.24, 2.45) is 11.5 Å². The van der Waals surface area contributed by atoms with Gasteiger partial charge in [0.25, 0.3) is 5.91 Å². The molecular weight excluding hydrogens is 232 g/mol. The Kier molecular flexibility index (Phi) is 5.45. The van der Waals surface area contributed by atoms with E-state index in [0.717, 1.165) is 12.0 Å². The Bertz CT molecular complexity index is 405. The first kappa shape index (κ1) is 14.3. The molecule has 0 saturated carbocycles. The molecule has 5 nitrogen and oxygen atoms in total. The van der Waals surface area contributed by atoms with Crippen LogP contribution in [0.1, 0.15) is 19.4 Å². The van der Waals surface area contributed by atoms with Crippen molar-refractivity contribution in [3.8, 4) is 11.5 Å². The predicted octanol–water partition coefficient (Wildman–Crippen LogP) is 0.839. The van der Waals surface area contributed by atoms with Crippen LogP contribution < -0.4 is 20.9 Å². The molecule has 1 amide bonds. The van der Waals surface area contributed by atoms with Crippen molar-refractivity contribution in [1.82, 2.24) is 0 Å². The summed E-state index contributed by atoms with van der Waals surface area (Å²) in [7, 11) is 0. The van der Waals surface area contributed by atoms with Gasteiger partial charge in [-0.15, -0.1) is 0 Å². The molecule has 0 aliphatic rings. The van der Waals surface area contributed by atoms with E-state index in [0.29, 0.717) is 18.1 Å². The molecule has 0 bridgehead atoms. The minimum atomic E-state index is -0.517. The van der Waals surface area contributed by atoms with Crippen LogP contribution in [0.25, 0.3) is 0 Å². The second-order valence-corrected chi connectivity index (χ2v) is 4.15. The van der Waals surface area contributed by atoms with Gasteiger partial charge in [0, 0.05) is 6.04 Å². The summed E-state index contributed by atoms with van der Waals surface area (Å²) >= 11 is 0. The van der Waals surface area contributed by atoms with E-state index < -0.39 is 5.91 Å². The lowest BCUT2D eigenvalue weighted by molar-refractivity contribution is -0.119. The van der Waals surface area contributed by atoms with Gasteiger partial charge in [-0.25, -0.2) is 0 Å². The van der Waals surface area contributed by atoms with E-state index in [1.54, 1.807) is 6.07 Å². The van der Waals surface area contributed by atoms with Crippen LogP contribution in [-0.2, 0) is 11.2 Å². The summed E-state index contributed by atoms with van der Waals surface area (Å²) in [6.45, 7) is 4.19. The van der Waals surface area contributed by atoms with E-state index in [2.05, 4.69) is 0 Å². The molecule has 5 heteroatoms. The highest BCUT2D eigenvalue weighted by molar-refractivity contribution is 5.75. The van der Waals surface area contributed by atoms with Gasteiger partial charge in [0.2, 0.25) is 0 Å². The van der Waals surface area contributed by atoms with E-state index in [9.17, 15) is 4.79 Å². The fraction of sp³-hybridized carbons (Fsp3) is 0.462. The molecule has 18 heavy (non-hydrogen) atoms. The maximum atomic E-state index is 10.7. The Balaban J connectivity index is 2.85. The first-order chi connectivity index (χ1) is 8.52. The van der Waals surface area contributed by atoms with Crippen LogP contribution in [0.5, 0.6) is 11.5 Å². The normalized spacial score (nSPS) is 11.9. The zero-order valence-corrected chi connectivity index (χ0v) is 10.8. The number of carbonyl (C=O) groups is 1. The van der Waals surface area contributed by atoms with Crippen molar-refractivity contribution in [1.29, 1.82) is 0 Å². The monoisotopic (exact) mass is 252 g/mol. The molecule has 1 aromatic rings. The summed E-state index contributed by atoms with van der Waals surface area (Å²) in [5.41, 5.74) is 11.9. The lowest BCUT2D eigenvalue weighted by atomic mass is 10.1. The maximum absolute atomic E-state index is 10.7. The van der Waals surface area contributed by atoms with Crippen LogP contribution in [0.3, 0.4) is 0 Å². The summed E-state index contributed by atoms with van der Waals surface area (Å²) in [5.74, 6) is 0.609. The van der Waals surface area contributed by atoms with Crippen molar-refractivity contribution in [3.05, 3.63) is 23.8 Å². The zero-order valence-electron chi connectivity index (χ0n) is 10.8. The Morgan fingerprint density at radius 1 is 1.33 bits per heavy atom. The van der Waals surface area contributed by atoms with Crippen molar-refractivity contribution in [2.75, 3.05) is 13.2 Å². The quantitative estimate of drug-likeness (QED) is 0.752. The summed E-state index contributed by atoms with van der Waals surface area (Å²) in [5, 5.41) is 0. The van der Waals surface area contributed by atoms with Gasteiger partial charge in [-0.05, 0) is 38.0 Å². The van der Waals surface area contributed by atoms with Crippen LogP contribution >= 0.6 is 0 Å². The molecule has 0 heterocycles. The van der Waals surface area contributed by atoms with Gasteiger partial charge in [0.15, 0.2) is 18.1 Å².